The molecule has 1 aromatic carbocycles. The largest absolute Gasteiger partial charge is 0.103 e. The third-order valence-corrected chi connectivity index (χ3v) is 4.66. The van der Waals surface area contributed by atoms with E-state index in [1.165, 1.54) is 22.3 Å². The monoisotopic (exact) mass is 316 g/mol. The number of hydrogen-bond acceptors (Lipinski definition) is 0. The molecule has 0 saturated heterocycles. The van der Waals surface area contributed by atoms with Crippen LogP contribution in [0.1, 0.15) is 43.7 Å². The van der Waals surface area contributed by atoms with Gasteiger partial charge in [0.25, 0.3) is 0 Å². The molecule has 2 rings (SSSR count). The smallest absolute Gasteiger partial charge is 0.00779 e. The first-order chi connectivity index (χ1) is 11.7. The first-order valence-corrected chi connectivity index (χ1v) is 8.78. The lowest BCUT2D eigenvalue weighted by Gasteiger charge is -2.21. The Kier molecular flexibility index (Phi) is 6.81. The van der Waals surface area contributed by atoms with Crippen molar-refractivity contribution in [1.29, 1.82) is 0 Å². The Bertz CT molecular complexity index is 677. The van der Waals surface area contributed by atoms with E-state index < -0.39 is 0 Å². The molecule has 0 radical (unpaired) electrons. The summed E-state index contributed by atoms with van der Waals surface area (Å²) in [6.45, 7) is 12.2. The van der Waals surface area contributed by atoms with Crippen LogP contribution in [0.2, 0.25) is 0 Å². The first kappa shape index (κ1) is 18.0. The fourth-order valence-corrected chi connectivity index (χ4v) is 3.20. The Morgan fingerprint density at radius 2 is 1.88 bits per heavy atom. The van der Waals surface area contributed by atoms with Crippen LogP contribution in [0.25, 0.3) is 5.57 Å². The van der Waals surface area contributed by atoms with Gasteiger partial charge in [-0.15, -0.1) is 13.2 Å². The normalized spacial score (nSPS) is 18.4. The number of hydrogen-bond donors (Lipinski definition) is 0. The van der Waals surface area contributed by atoms with Crippen molar-refractivity contribution in [2.75, 3.05) is 0 Å². The predicted octanol–water partition coefficient (Wildman–Crippen LogP) is 7.01. The van der Waals surface area contributed by atoms with E-state index in [2.05, 4.69) is 80.8 Å². The standard InChI is InChI=1S/C24H28/c1-5-9-11-19-12-10-13-23(18-19)21-14-16-22(17-15-21)24(8-4)20(6-2)7-3/h5-6,8-17,20,24H,2,4,7,18H2,1,3H3/b9-5-,19-11-. The number of allylic oxidation sites excluding steroid dienone is 10. The molecule has 0 nitrogen and oxygen atoms in total. The molecule has 0 spiro atoms. The van der Waals surface area contributed by atoms with Gasteiger partial charge in [0.2, 0.25) is 0 Å². The maximum absolute atomic E-state index is 4.02. The van der Waals surface area contributed by atoms with Crippen molar-refractivity contribution in [2.24, 2.45) is 5.92 Å². The van der Waals surface area contributed by atoms with Gasteiger partial charge in [-0.25, -0.2) is 0 Å². The Labute approximate surface area is 147 Å². The molecule has 0 saturated carbocycles. The molecule has 0 aromatic heterocycles. The highest BCUT2D eigenvalue weighted by Crippen LogP contribution is 2.32. The average Bonchev–Trinajstić information content (AvgIpc) is 2.64. The third kappa shape index (κ3) is 4.35. The molecule has 0 N–H and O–H groups in total. The zero-order valence-electron chi connectivity index (χ0n) is 14.9. The van der Waals surface area contributed by atoms with E-state index in [1.54, 1.807) is 0 Å². The molecule has 0 bridgehead atoms. The highest BCUT2D eigenvalue weighted by Gasteiger charge is 2.16. The Balaban J connectivity index is 2.20. The molecule has 0 amide bonds. The highest BCUT2D eigenvalue weighted by molar-refractivity contribution is 5.72. The summed E-state index contributed by atoms with van der Waals surface area (Å²) in [5.41, 5.74) is 5.32. The summed E-state index contributed by atoms with van der Waals surface area (Å²) in [5.74, 6) is 0.785. The Hall–Kier alpha value is -2.34. The highest BCUT2D eigenvalue weighted by atomic mass is 14.2. The van der Waals surface area contributed by atoms with Crippen LogP contribution in [0.5, 0.6) is 0 Å². The van der Waals surface area contributed by atoms with Gasteiger partial charge in [0.15, 0.2) is 0 Å². The van der Waals surface area contributed by atoms with Crippen LogP contribution in [-0.2, 0) is 0 Å². The van der Waals surface area contributed by atoms with E-state index in [0.717, 1.165) is 12.8 Å². The van der Waals surface area contributed by atoms with Crippen LogP contribution < -0.4 is 0 Å². The summed E-state index contributed by atoms with van der Waals surface area (Å²) in [7, 11) is 0. The van der Waals surface area contributed by atoms with Crippen molar-refractivity contribution < 1.29 is 0 Å². The van der Waals surface area contributed by atoms with Crippen molar-refractivity contribution in [1.82, 2.24) is 0 Å². The van der Waals surface area contributed by atoms with Gasteiger partial charge >= 0.3 is 0 Å². The zero-order chi connectivity index (χ0) is 17.4. The third-order valence-electron chi connectivity index (χ3n) is 4.66. The second-order valence-electron chi connectivity index (χ2n) is 6.19. The van der Waals surface area contributed by atoms with E-state index in [9.17, 15) is 0 Å². The van der Waals surface area contributed by atoms with Gasteiger partial charge in [0.05, 0.1) is 0 Å². The van der Waals surface area contributed by atoms with Crippen molar-refractivity contribution >= 4 is 5.57 Å². The lowest BCUT2D eigenvalue weighted by atomic mass is 9.83. The minimum Gasteiger partial charge on any atom is -0.103 e. The number of rotatable bonds is 7. The van der Waals surface area contributed by atoms with Crippen molar-refractivity contribution in [2.45, 2.75) is 32.6 Å². The van der Waals surface area contributed by atoms with Gasteiger partial charge in [-0.05, 0) is 48.0 Å². The zero-order valence-corrected chi connectivity index (χ0v) is 14.9. The van der Waals surface area contributed by atoms with Gasteiger partial charge in [0.1, 0.15) is 0 Å². The van der Waals surface area contributed by atoms with E-state index in [-0.39, 0.29) is 0 Å². The summed E-state index contributed by atoms with van der Waals surface area (Å²) in [6, 6.07) is 8.95. The molecule has 124 valence electrons. The lowest BCUT2D eigenvalue weighted by Crippen LogP contribution is -2.07. The van der Waals surface area contributed by atoms with Gasteiger partial charge < -0.3 is 0 Å². The van der Waals surface area contributed by atoms with Gasteiger partial charge in [-0.1, -0.05) is 79.8 Å². The molecule has 2 atom stereocenters. The molecular weight excluding hydrogens is 288 g/mol. The van der Waals surface area contributed by atoms with Crippen LogP contribution in [0.15, 0.2) is 91.6 Å². The topological polar surface area (TPSA) is 0 Å². The lowest BCUT2D eigenvalue weighted by molar-refractivity contribution is 0.566. The molecule has 0 fully saturated rings. The molecule has 24 heavy (non-hydrogen) atoms. The molecule has 0 aliphatic heterocycles. The maximum atomic E-state index is 4.02. The second kappa shape index (κ2) is 9.08. The molecule has 1 aliphatic carbocycles. The minimum atomic E-state index is 0.340. The van der Waals surface area contributed by atoms with Crippen molar-refractivity contribution in [3.05, 3.63) is 103 Å². The molecule has 1 aliphatic rings. The average molecular weight is 316 g/mol. The predicted molar refractivity (Wildman–Crippen MR) is 108 cm³/mol. The van der Waals surface area contributed by atoms with Crippen LogP contribution in [-0.4, -0.2) is 0 Å². The Morgan fingerprint density at radius 3 is 2.46 bits per heavy atom. The van der Waals surface area contributed by atoms with Gasteiger partial charge in [-0.3, -0.25) is 0 Å². The first-order valence-electron chi connectivity index (χ1n) is 8.78. The van der Waals surface area contributed by atoms with E-state index in [1.807, 2.05) is 19.1 Å². The Morgan fingerprint density at radius 1 is 1.12 bits per heavy atom. The van der Waals surface area contributed by atoms with E-state index in [0.29, 0.717) is 11.8 Å². The maximum Gasteiger partial charge on any atom is 0.00779 e. The van der Waals surface area contributed by atoms with Gasteiger partial charge in [-0.2, -0.15) is 0 Å². The summed E-state index contributed by atoms with van der Waals surface area (Å²) < 4.78 is 0. The van der Waals surface area contributed by atoms with Gasteiger partial charge in [0, 0.05) is 5.92 Å². The van der Waals surface area contributed by atoms with E-state index in [4.69, 9.17) is 0 Å². The SMILES string of the molecule is C=CC(CC)C(C=C)c1ccc(C2=CC=C/C(=C/C=C\C)C2)cc1. The second-order valence-corrected chi connectivity index (χ2v) is 6.19. The van der Waals surface area contributed by atoms with E-state index >= 15 is 0 Å². The van der Waals surface area contributed by atoms with Crippen LogP contribution in [0.3, 0.4) is 0 Å². The summed E-state index contributed by atoms with van der Waals surface area (Å²) >= 11 is 0. The van der Waals surface area contributed by atoms with Crippen molar-refractivity contribution in [3.8, 4) is 0 Å². The number of benzene rings is 1. The summed E-state index contributed by atoms with van der Waals surface area (Å²) in [6.07, 6.45) is 19.0. The fourth-order valence-electron chi connectivity index (χ4n) is 3.20. The summed E-state index contributed by atoms with van der Waals surface area (Å²) in [5, 5.41) is 0. The molecule has 0 heteroatoms. The fraction of sp³-hybridized carbons (Fsp3) is 0.250. The van der Waals surface area contributed by atoms with Crippen LogP contribution in [0.4, 0.5) is 0 Å². The van der Waals surface area contributed by atoms with Crippen LogP contribution >= 0.6 is 0 Å². The summed E-state index contributed by atoms with van der Waals surface area (Å²) in [4.78, 5) is 0. The van der Waals surface area contributed by atoms with Crippen molar-refractivity contribution in [3.63, 3.8) is 0 Å². The molecule has 2 unspecified atom stereocenters. The molecule has 1 aromatic rings. The van der Waals surface area contributed by atoms with Crippen LogP contribution in [0, 0.1) is 5.92 Å². The quantitative estimate of drug-likeness (QED) is 0.474. The molecule has 0 heterocycles. The minimum absolute atomic E-state index is 0.340. The molecular formula is C24H28.